The summed E-state index contributed by atoms with van der Waals surface area (Å²) in [6.07, 6.45) is 3.71. The second-order valence-corrected chi connectivity index (χ2v) is 8.85. The summed E-state index contributed by atoms with van der Waals surface area (Å²) in [7, 11) is 0. The minimum absolute atomic E-state index is 0.0607. The van der Waals surface area contributed by atoms with Gasteiger partial charge in [0, 0.05) is 24.1 Å². The monoisotopic (exact) mass is 465 g/mol. The molecule has 0 heterocycles. The fourth-order valence-electron chi connectivity index (χ4n) is 4.35. The van der Waals surface area contributed by atoms with Gasteiger partial charge in [-0.3, -0.25) is 4.79 Å². The van der Waals surface area contributed by atoms with Crippen LogP contribution in [0.1, 0.15) is 41.5 Å². The summed E-state index contributed by atoms with van der Waals surface area (Å²) < 4.78 is 6.48. The number of nitrogen functional groups attached to an aromatic ring is 2. The van der Waals surface area contributed by atoms with Crippen LogP contribution >= 0.6 is 0 Å². The maximum absolute atomic E-state index is 12.3. The minimum Gasteiger partial charge on any atom is -0.455 e. The number of nitriles is 2. The largest absolute Gasteiger partial charge is 0.455 e. The molecule has 1 saturated carbocycles. The SMILES string of the molecule is Cc1cc(CCC#N)cc(C)c1Oc1cc(N)c(N)c(-c2ccc(C#N)cc2)c1N(C=O)C1CC1. The number of amides is 1. The molecule has 7 heteroatoms. The van der Waals surface area contributed by atoms with Crippen molar-refractivity contribution >= 4 is 23.5 Å². The van der Waals surface area contributed by atoms with Gasteiger partial charge in [-0.25, -0.2) is 0 Å². The van der Waals surface area contributed by atoms with Crippen LogP contribution in [0.2, 0.25) is 0 Å². The summed E-state index contributed by atoms with van der Waals surface area (Å²) in [4.78, 5) is 14.0. The van der Waals surface area contributed by atoms with E-state index in [0.717, 1.165) is 41.5 Å². The van der Waals surface area contributed by atoms with Crippen LogP contribution in [-0.2, 0) is 11.2 Å². The molecule has 1 aliphatic carbocycles. The van der Waals surface area contributed by atoms with Crippen LogP contribution in [-0.4, -0.2) is 12.5 Å². The third-order valence-electron chi connectivity index (χ3n) is 6.21. The first-order valence-corrected chi connectivity index (χ1v) is 11.5. The molecule has 3 aromatic rings. The molecule has 4 rings (SSSR count). The number of benzene rings is 3. The van der Waals surface area contributed by atoms with Crippen LogP contribution in [0.5, 0.6) is 11.5 Å². The molecule has 0 saturated heterocycles. The van der Waals surface area contributed by atoms with Crippen LogP contribution in [0.3, 0.4) is 0 Å². The van der Waals surface area contributed by atoms with E-state index < -0.39 is 0 Å². The number of carbonyl (C=O) groups excluding carboxylic acids is 1. The molecule has 176 valence electrons. The fraction of sp³-hybridized carbons (Fsp3) is 0.250. The number of ether oxygens (including phenoxy) is 1. The second kappa shape index (κ2) is 9.79. The van der Waals surface area contributed by atoms with E-state index in [-0.39, 0.29) is 6.04 Å². The molecule has 1 aliphatic rings. The van der Waals surface area contributed by atoms with Crippen LogP contribution in [0.25, 0.3) is 11.1 Å². The molecule has 1 fully saturated rings. The molecule has 0 unspecified atom stereocenters. The van der Waals surface area contributed by atoms with E-state index in [1.807, 2.05) is 26.0 Å². The Labute approximate surface area is 205 Å². The molecule has 1 amide bonds. The summed E-state index contributed by atoms with van der Waals surface area (Å²) in [6.45, 7) is 3.91. The van der Waals surface area contributed by atoms with Gasteiger partial charge in [0.2, 0.25) is 6.41 Å². The Morgan fingerprint density at radius 3 is 2.29 bits per heavy atom. The average Bonchev–Trinajstić information content (AvgIpc) is 3.69. The average molecular weight is 466 g/mol. The van der Waals surface area contributed by atoms with E-state index >= 15 is 0 Å². The molecular formula is C28H27N5O2. The van der Waals surface area contributed by atoms with Crippen LogP contribution in [0, 0.1) is 36.5 Å². The maximum Gasteiger partial charge on any atom is 0.214 e. The van der Waals surface area contributed by atoms with Gasteiger partial charge in [0.1, 0.15) is 5.75 Å². The predicted molar refractivity (Wildman–Crippen MR) is 137 cm³/mol. The summed E-state index contributed by atoms with van der Waals surface area (Å²) in [5.41, 5.74) is 18.8. The van der Waals surface area contributed by atoms with Crippen LogP contribution in [0.4, 0.5) is 17.1 Å². The number of hydrogen-bond donors (Lipinski definition) is 2. The van der Waals surface area contributed by atoms with Crippen LogP contribution < -0.4 is 21.1 Å². The highest BCUT2D eigenvalue weighted by Crippen LogP contribution is 2.50. The Hall–Kier alpha value is -4.49. The van der Waals surface area contributed by atoms with Gasteiger partial charge in [-0.1, -0.05) is 24.3 Å². The second-order valence-electron chi connectivity index (χ2n) is 8.85. The smallest absolute Gasteiger partial charge is 0.214 e. The summed E-state index contributed by atoms with van der Waals surface area (Å²) in [5, 5.41) is 18.1. The van der Waals surface area contributed by atoms with Gasteiger partial charge in [0.15, 0.2) is 5.75 Å². The summed E-state index contributed by atoms with van der Waals surface area (Å²) >= 11 is 0. The maximum atomic E-state index is 12.3. The van der Waals surface area contributed by atoms with Crippen molar-refractivity contribution in [2.75, 3.05) is 16.4 Å². The zero-order valence-corrected chi connectivity index (χ0v) is 19.8. The van der Waals surface area contributed by atoms with E-state index in [9.17, 15) is 10.1 Å². The van der Waals surface area contributed by atoms with Gasteiger partial charge in [0.05, 0.1) is 34.8 Å². The lowest BCUT2D eigenvalue weighted by Crippen LogP contribution is -2.25. The quantitative estimate of drug-likeness (QED) is 0.339. The highest BCUT2D eigenvalue weighted by molar-refractivity contribution is 6.01. The Balaban J connectivity index is 1.89. The molecule has 7 nitrogen and oxygen atoms in total. The van der Waals surface area contributed by atoms with E-state index in [0.29, 0.717) is 52.5 Å². The van der Waals surface area contributed by atoms with Crippen molar-refractivity contribution in [3.8, 4) is 34.8 Å². The van der Waals surface area contributed by atoms with Crippen molar-refractivity contribution in [2.24, 2.45) is 0 Å². The predicted octanol–water partition coefficient (Wildman–Crippen LogP) is 5.38. The number of nitrogens with two attached hydrogens (primary N) is 2. The van der Waals surface area contributed by atoms with E-state index in [4.69, 9.17) is 21.5 Å². The highest BCUT2D eigenvalue weighted by Gasteiger charge is 2.34. The Kier molecular flexibility index (Phi) is 6.62. The first-order chi connectivity index (χ1) is 16.9. The van der Waals surface area contributed by atoms with Gasteiger partial charge < -0.3 is 21.1 Å². The van der Waals surface area contributed by atoms with Gasteiger partial charge >= 0.3 is 0 Å². The highest BCUT2D eigenvalue weighted by atomic mass is 16.5. The zero-order valence-electron chi connectivity index (χ0n) is 19.8. The zero-order chi connectivity index (χ0) is 25.1. The summed E-state index contributed by atoms with van der Waals surface area (Å²) in [6, 6.07) is 17.1. The Morgan fingerprint density at radius 2 is 1.74 bits per heavy atom. The first kappa shape index (κ1) is 23.7. The van der Waals surface area contributed by atoms with Gasteiger partial charge in [0.25, 0.3) is 0 Å². The lowest BCUT2D eigenvalue weighted by molar-refractivity contribution is -0.107. The van der Waals surface area contributed by atoms with Crippen molar-refractivity contribution in [1.82, 2.24) is 0 Å². The molecule has 0 spiro atoms. The van der Waals surface area contributed by atoms with Gasteiger partial charge in [-0.15, -0.1) is 0 Å². The number of rotatable bonds is 8. The number of carbonyl (C=O) groups is 1. The molecule has 0 aromatic heterocycles. The molecule has 0 radical (unpaired) electrons. The topological polar surface area (TPSA) is 129 Å². The third kappa shape index (κ3) is 4.76. The first-order valence-electron chi connectivity index (χ1n) is 11.5. The lowest BCUT2D eigenvalue weighted by Gasteiger charge is -2.27. The van der Waals surface area contributed by atoms with E-state index in [2.05, 4.69) is 12.1 Å². The Morgan fingerprint density at radius 1 is 1.09 bits per heavy atom. The molecule has 35 heavy (non-hydrogen) atoms. The molecular weight excluding hydrogens is 438 g/mol. The van der Waals surface area contributed by atoms with Crippen molar-refractivity contribution in [2.45, 2.75) is 45.6 Å². The molecule has 0 aliphatic heterocycles. The number of anilines is 3. The number of hydrogen-bond acceptors (Lipinski definition) is 6. The summed E-state index contributed by atoms with van der Waals surface area (Å²) in [5.74, 6) is 1.11. The molecule has 4 N–H and O–H groups in total. The van der Waals surface area contributed by atoms with Crippen molar-refractivity contribution in [3.63, 3.8) is 0 Å². The molecule has 0 bridgehead atoms. The molecule has 0 atom stereocenters. The van der Waals surface area contributed by atoms with Crippen molar-refractivity contribution in [3.05, 3.63) is 64.7 Å². The van der Waals surface area contributed by atoms with Crippen molar-refractivity contribution in [1.29, 1.82) is 10.5 Å². The van der Waals surface area contributed by atoms with Crippen molar-refractivity contribution < 1.29 is 9.53 Å². The standard InChI is InChI=1S/C28H27N5O2/c1-17-12-20(4-3-11-29)13-18(2)28(17)35-24-14-23(31)26(32)25(21-7-5-19(15-30)6-8-21)27(24)33(16-34)22-9-10-22/h5-8,12-14,16,22H,3-4,9-10,31-32H2,1-2H3. The normalized spacial score (nSPS) is 12.5. The van der Waals surface area contributed by atoms with Crippen LogP contribution in [0.15, 0.2) is 42.5 Å². The minimum atomic E-state index is 0.0607. The van der Waals surface area contributed by atoms with Gasteiger partial charge in [-0.05, 0) is 67.5 Å². The fourth-order valence-corrected chi connectivity index (χ4v) is 4.35. The third-order valence-corrected chi connectivity index (χ3v) is 6.21. The number of aryl methyl sites for hydroxylation is 3. The Bertz CT molecular complexity index is 1340. The number of nitrogens with zero attached hydrogens (tertiary/aromatic N) is 3. The lowest BCUT2D eigenvalue weighted by atomic mass is 9.97. The van der Waals surface area contributed by atoms with Gasteiger partial charge in [-0.2, -0.15) is 10.5 Å². The molecule has 3 aromatic carbocycles. The van der Waals surface area contributed by atoms with E-state index in [1.165, 1.54) is 0 Å². The van der Waals surface area contributed by atoms with E-state index in [1.54, 1.807) is 35.2 Å².